The third-order valence-corrected chi connectivity index (χ3v) is 3.68. The fourth-order valence-electron chi connectivity index (χ4n) is 2.39. The van der Waals surface area contributed by atoms with Crippen molar-refractivity contribution in [3.05, 3.63) is 0 Å². The van der Waals surface area contributed by atoms with Gasteiger partial charge in [-0.3, -0.25) is 4.79 Å². The summed E-state index contributed by atoms with van der Waals surface area (Å²) in [6, 6.07) is 0.420. The van der Waals surface area contributed by atoms with Crippen molar-refractivity contribution >= 4 is 5.91 Å². The first-order valence-electron chi connectivity index (χ1n) is 6.68. The molecular weight excluding hydrogens is 200 g/mol. The number of carbonyl (C=O) groups excluding carboxylic acids is 1. The predicted molar refractivity (Wildman–Crippen MR) is 67.4 cm³/mol. The lowest BCUT2D eigenvalue weighted by Gasteiger charge is -2.28. The summed E-state index contributed by atoms with van der Waals surface area (Å²) in [5.74, 6) is 0.593. The topological polar surface area (TPSA) is 32.3 Å². The molecule has 16 heavy (non-hydrogen) atoms. The molecule has 3 heteroatoms. The first kappa shape index (κ1) is 13.5. The number of carbonyl (C=O) groups is 1. The van der Waals surface area contributed by atoms with Gasteiger partial charge < -0.3 is 10.2 Å². The van der Waals surface area contributed by atoms with E-state index in [0.29, 0.717) is 11.9 Å². The Kier molecular flexibility index (Phi) is 5.81. The second-order valence-corrected chi connectivity index (χ2v) is 4.84. The zero-order valence-corrected chi connectivity index (χ0v) is 11.0. The highest BCUT2D eigenvalue weighted by molar-refractivity contribution is 5.78. The number of hydrogen-bond acceptors (Lipinski definition) is 2. The third kappa shape index (κ3) is 3.48. The standard InChI is InChI=1S/C13H26N2O/c1-4-6-7-11(5-2)13(16)15(3)12-8-9-14-10-12/h11-12,14H,4-10H2,1-3H3. The first-order chi connectivity index (χ1) is 7.70. The van der Waals surface area contributed by atoms with Crippen molar-refractivity contribution in [1.29, 1.82) is 0 Å². The normalized spacial score (nSPS) is 22.1. The Labute approximate surface area is 99.6 Å². The molecule has 3 nitrogen and oxygen atoms in total. The van der Waals surface area contributed by atoms with Gasteiger partial charge in [0, 0.05) is 25.6 Å². The quantitative estimate of drug-likeness (QED) is 0.751. The molecule has 0 radical (unpaired) electrons. The molecule has 0 aliphatic carbocycles. The lowest BCUT2D eigenvalue weighted by atomic mass is 9.97. The van der Waals surface area contributed by atoms with E-state index in [1.165, 1.54) is 12.8 Å². The highest BCUT2D eigenvalue weighted by Crippen LogP contribution is 2.18. The second kappa shape index (κ2) is 6.89. The van der Waals surface area contributed by atoms with Crippen molar-refractivity contribution in [2.24, 2.45) is 5.92 Å². The number of rotatable bonds is 6. The number of hydrogen-bond donors (Lipinski definition) is 1. The van der Waals surface area contributed by atoms with Gasteiger partial charge in [0.15, 0.2) is 0 Å². The Balaban J connectivity index is 2.45. The molecule has 2 atom stereocenters. The van der Waals surface area contributed by atoms with E-state index >= 15 is 0 Å². The fourth-order valence-corrected chi connectivity index (χ4v) is 2.39. The van der Waals surface area contributed by atoms with E-state index in [9.17, 15) is 4.79 Å². The van der Waals surface area contributed by atoms with Crippen molar-refractivity contribution in [2.45, 2.75) is 52.0 Å². The van der Waals surface area contributed by atoms with Crippen LogP contribution >= 0.6 is 0 Å². The van der Waals surface area contributed by atoms with Gasteiger partial charge in [0.25, 0.3) is 0 Å². The van der Waals surface area contributed by atoms with Gasteiger partial charge in [-0.25, -0.2) is 0 Å². The lowest BCUT2D eigenvalue weighted by Crippen LogP contribution is -2.41. The van der Waals surface area contributed by atoms with Crippen LogP contribution < -0.4 is 5.32 Å². The van der Waals surface area contributed by atoms with Gasteiger partial charge in [0.2, 0.25) is 5.91 Å². The maximum Gasteiger partial charge on any atom is 0.225 e. The molecule has 94 valence electrons. The minimum atomic E-state index is 0.241. The van der Waals surface area contributed by atoms with E-state index in [1.807, 2.05) is 11.9 Å². The van der Waals surface area contributed by atoms with Crippen LogP contribution in [0.5, 0.6) is 0 Å². The molecule has 0 spiro atoms. The van der Waals surface area contributed by atoms with Crippen molar-refractivity contribution in [2.75, 3.05) is 20.1 Å². The summed E-state index contributed by atoms with van der Waals surface area (Å²) in [5.41, 5.74) is 0. The van der Waals surface area contributed by atoms with Gasteiger partial charge in [0.1, 0.15) is 0 Å². The van der Waals surface area contributed by atoms with E-state index in [-0.39, 0.29) is 5.92 Å². The molecule has 1 fully saturated rings. The van der Waals surface area contributed by atoms with E-state index in [1.54, 1.807) is 0 Å². The number of unbranched alkanes of at least 4 members (excludes halogenated alkanes) is 1. The highest BCUT2D eigenvalue weighted by atomic mass is 16.2. The molecule has 1 amide bonds. The molecule has 0 bridgehead atoms. The molecule has 0 aromatic heterocycles. The predicted octanol–water partition coefficient (Wildman–Crippen LogP) is 2.02. The molecule has 1 rings (SSSR count). The molecule has 1 aliphatic heterocycles. The molecule has 0 aromatic rings. The molecule has 0 saturated carbocycles. The number of nitrogens with one attached hydrogen (secondary N) is 1. The maximum atomic E-state index is 12.3. The van der Waals surface area contributed by atoms with Crippen LogP contribution in [0.2, 0.25) is 0 Å². The van der Waals surface area contributed by atoms with Crippen LogP contribution in [-0.4, -0.2) is 37.0 Å². The fraction of sp³-hybridized carbons (Fsp3) is 0.923. The van der Waals surface area contributed by atoms with Crippen LogP contribution in [0.3, 0.4) is 0 Å². The van der Waals surface area contributed by atoms with Gasteiger partial charge in [0.05, 0.1) is 0 Å². The van der Waals surface area contributed by atoms with Gasteiger partial charge >= 0.3 is 0 Å². The van der Waals surface area contributed by atoms with Crippen molar-refractivity contribution in [3.63, 3.8) is 0 Å². The molecule has 0 aromatic carbocycles. The van der Waals surface area contributed by atoms with E-state index in [0.717, 1.165) is 32.4 Å². The first-order valence-corrected chi connectivity index (χ1v) is 6.68. The van der Waals surface area contributed by atoms with Gasteiger partial charge in [-0.1, -0.05) is 26.7 Å². The highest BCUT2D eigenvalue weighted by Gasteiger charge is 2.27. The zero-order valence-electron chi connectivity index (χ0n) is 11.0. The molecular formula is C13H26N2O. The summed E-state index contributed by atoms with van der Waals surface area (Å²) in [7, 11) is 1.97. The Hall–Kier alpha value is -0.570. The number of likely N-dealkylation sites (N-methyl/N-ethyl adjacent to an activating group) is 1. The molecule has 2 unspecified atom stereocenters. The molecule has 1 N–H and O–H groups in total. The molecule has 1 aliphatic rings. The summed E-state index contributed by atoms with van der Waals surface area (Å²) >= 11 is 0. The van der Waals surface area contributed by atoms with Gasteiger partial charge in [-0.15, -0.1) is 0 Å². The average molecular weight is 226 g/mol. The summed E-state index contributed by atoms with van der Waals surface area (Å²) < 4.78 is 0. The zero-order chi connectivity index (χ0) is 12.0. The minimum absolute atomic E-state index is 0.241. The van der Waals surface area contributed by atoms with Crippen LogP contribution in [0.4, 0.5) is 0 Å². The largest absolute Gasteiger partial charge is 0.341 e. The Morgan fingerprint density at radius 1 is 1.50 bits per heavy atom. The van der Waals surface area contributed by atoms with Gasteiger partial charge in [-0.2, -0.15) is 0 Å². The van der Waals surface area contributed by atoms with Crippen LogP contribution in [0.25, 0.3) is 0 Å². The summed E-state index contributed by atoms with van der Waals surface area (Å²) in [4.78, 5) is 14.2. The van der Waals surface area contributed by atoms with Crippen LogP contribution in [0, 0.1) is 5.92 Å². The maximum absolute atomic E-state index is 12.3. The minimum Gasteiger partial charge on any atom is -0.341 e. The van der Waals surface area contributed by atoms with Crippen LogP contribution in [-0.2, 0) is 4.79 Å². The SMILES string of the molecule is CCCCC(CC)C(=O)N(C)C1CCNC1. The van der Waals surface area contributed by atoms with Crippen LogP contribution in [0.1, 0.15) is 46.0 Å². The third-order valence-electron chi connectivity index (χ3n) is 3.68. The molecule has 1 heterocycles. The van der Waals surface area contributed by atoms with Crippen molar-refractivity contribution < 1.29 is 4.79 Å². The van der Waals surface area contributed by atoms with E-state index in [4.69, 9.17) is 0 Å². The smallest absolute Gasteiger partial charge is 0.225 e. The monoisotopic (exact) mass is 226 g/mol. The van der Waals surface area contributed by atoms with Crippen molar-refractivity contribution in [1.82, 2.24) is 10.2 Å². The summed E-state index contributed by atoms with van der Waals surface area (Å²) in [5, 5.41) is 3.31. The second-order valence-electron chi connectivity index (χ2n) is 4.84. The Morgan fingerprint density at radius 3 is 2.75 bits per heavy atom. The summed E-state index contributed by atoms with van der Waals surface area (Å²) in [6.07, 6.45) is 5.48. The number of nitrogens with zero attached hydrogens (tertiary/aromatic N) is 1. The Bertz CT molecular complexity index is 212. The Morgan fingerprint density at radius 2 is 2.25 bits per heavy atom. The van der Waals surface area contributed by atoms with Gasteiger partial charge in [-0.05, 0) is 25.8 Å². The summed E-state index contributed by atoms with van der Waals surface area (Å²) in [6.45, 7) is 6.32. The molecule has 1 saturated heterocycles. The number of amides is 1. The average Bonchev–Trinajstić information content (AvgIpc) is 2.82. The van der Waals surface area contributed by atoms with Crippen LogP contribution in [0.15, 0.2) is 0 Å². The van der Waals surface area contributed by atoms with E-state index in [2.05, 4.69) is 19.2 Å². The van der Waals surface area contributed by atoms with Crippen molar-refractivity contribution in [3.8, 4) is 0 Å². The van der Waals surface area contributed by atoms with E-state index < -0.39 is 0 Å². The lowest BCUT2D eigenvalue weighted by molar-refractivity contribution is -0.136.